The number of amides is 3. The van der Waals surface area contributed by atoms with Gasteiger partial charge in [0.15, 0.2) is 0 Å². The van der Waals surface area contributed by atoms with Gasteiger partial charge in [0.05, 0.1) is 49.1 Å². The van der Waals surface area contributed by atoms with E-state index in [1.54, 1.807) is 38.6 Å². The SMILES string of the molecule is C=CCN(CCN1CCOCC1)C(=O)C1N([C@@H](CO)C(C)C)C(=O)[C@@H]2[C@H](C(=O)N(CC=C)c3ccc(OCC)cc3)[C@H]3SC12CC3Br. The number of halogens is 1. The predicted molar refractivity (Wildman–Crippen MR) is 189 cm³/mol. The Morgan fingerprint density at radius 3 is 2.45 bits per heavy atom. The lowest BCUT2D eigenvalue weighted by atomic mass is 9.70. The minimum atomic E-state index is -0.827. The highest BCUT2D eigenvalue weighted by molar-refractivity contribution is 9.09. The van der Waals surface area contributed by atoms with Crippen molar-refractivity contribution in [3.05, 3.63) is 49.6 Å². The first-order valence-electron chi connectivity index (χ1n) is 16.7. The third-order valence-electron chi connectivity index (χ3n) is 10.0. The fraction of sp³-hybridized carbons (Fsp3) is 0.629. The Balaban J connectivity index is 1.52. The van der Waals surface area contributed by atoms with Crippen LogP contribution in [0.25, 0.3) is 0 Å². The van der Waals surface area contributed by atoms with Crippen LogP contribution in [0.5, 0.6) is 5.75 Å². The van der Waals surface area contributed by atoms with Crippen molar-refractivity contribution >= 4 is 51.1 Å². The predicted octanol–water partition coefficient (Wildman–Crippen LogP) is 3.43. The summed E-state index contributed by atoms with van der Waals surface area (Å²) in [5.74, 6) is -1.30. The van der Waals surface area contributed by atoms with Crippen molar-refractivity contribution in [3.8, 4) is 5.75 Å². The third-order valence-corrected chi connectivity index (χ3v) is 13.3. The number of hydrogen-bond acceptors (Lipinski definition) is 8. The fourth-order valence-electron chi connectivity index (χ4n) is 7.83. The Morgan fingerprint density at radius 2 is 1.85 bits per heavy atom. The molecule has 10 nitrogen and oxygen atoms in total. The highest BCUT2D eigenvalue weighted by Gasteiger charge is 2.76. The van der Waals surface area contributed by atoms with Gasteiger partial charge < -0.3 is 29.3 Å². The first-order valence-corrected chi connectivity index (χ1v) is 18.5. The van der Waals surface area contributed by atoms with Crippen LogP contribution in [0.15, 0.2) is 49.6 Å². The smallest absolute Gasteiger partial charge is 0.247 e. The zero-order valence-corrected chi connectivity index (χ0v) is 30.2. The van der Waals surface area contributed by atoms with Crippen LogP contribution in [0.3, 0.4) is 0 Å². The summed E-state index contributed by atoms with van der Waals surface area (Å²) in [6.07, 6.45) is 3.98. The Hall–Kier alpha value is -2.38. The molecule has 4 saturated heterocycles. The molecule has 12 heteroatoms. The number of anilines is 1. The number of thioether (sulfide) groups is 1. The van der Waals surface area contributed by atoms with Gasteiger partial charge in [-0.1, -0.05) is 41.9 Å². The molecule has 47 heavy (non-hydrogen) atoms. The Bertz CT molecular complexity index is 1310. The maximum absolute atomic E-state index is 14.9. The standard InChI is InChI=1S/C35H49BrN4O6S/c1-6-13-38(16-15-37-17-19-45-20-18-37)34(44)31-35-21-26(36)30(47-35)28(29(35)33(43)40(31)27(22-41)23(4)5)32(42)39(14-7-2)24-9-11-25(12-10-24)46-8-3/h6-7,9-12,23,26-31,41H,1-2,8,13-22H2,3-5H3/t26?,27-,28-,29-,30-,31?,35?/m0/s1. The number of ether oxygens (including phenoxy) is 2. The minimum absolute atomic E-state index is 0.0699. The molecule has 1 N–H and O–H groups in total. The lowest BCUT2D eigenvalue weighted by molar-refractivity contribution is -0.146. The molecular formula is C35H49BrN4O6S. The number of carbonyl (C=O) groups excluding carboxylic acids is 3. The number of alkyl halides is 1. The van der Waals surface area contributed by atoms with Gasteiger partial charge in [-0.25, -0.2) is 0 Å². The molecule has 4 fully saturated rings. The summed E-state index contributed by atoms with van der Waals surface area (Å²) in [5, 5.41) is 10.5. The van der Waals surface area contributed by atoms with Crippen molar-refractivity contribution in [1.82, 2.24) is 14.7 Å². The van der Waals surface area contributed by atoms with Crippen molar-refractivity contribution in [1.29, 1.82) is 0 Å². The van der Waals surface area contributed by atoms with Crippen LogP contribution in [0.2, 0.25) is 0 Å². The zero-order chi connectivity index (χ0) is 33.9. The summed E-state index contributed by atoms with van der Waals surface area (Å²) >= 11 is 5.50. The van der Waals surface area contributed by atoms with E-state index in [4.69, 9.17) is 9.47 Å². The van der Waals surface area contributed by atoms with Gasteiger partial charge in [0.1, 0.15) is 11.8 Å². The van der Waals surface area contributed by atoms with Crippen LogP contribution >= 0.6 is 27.7 Å². The van der Waals surface area contributed by atoms with Crippen LogP contribution in [-0.2, 0) is 19.1 Å². The van der Waals surface area contributed by atoms with Crippen LogP contribution in [0.1, 0.15) is 27.2 Å². The monoisotopic (exact) mass is 732 g/mol. The molecule has 4 aliphatic rings. The van der Waals surface area contributed by atoms with Gasteiger partial charge >= 0.3 is 0 Å². The Morgan fingerprint density at radius 1 is 1.17 bits per heavy atom. The fourth-order valence-corrected chi connectivity index (χ4v) is 11.4. The van der Waals surface area contributed by atoms with Gasteiger partial charge in [-0.15, -0.1) is 24.9 Å². The molecule has 3 amide bonds. The summed E-state index contributed by atoms with van der Waals surface area (Å²) in [5.41, 5.74) is 0.692. The number of nitrogens with zero attached hydrogens (tertiary/aromatic N) is 4. The molecular weight excluding hydrogens is 684 g/mol. The van der Waals surface area contributed by atoms with Gasteiger partial charge in [0, 0.05) is 55.0 Å². The van der Waals surface area contributed by atoms with E-state index in [9.17, 15) is 19.5 Å². The Kier molecular flexibility index (Phi) is 11.8. The van der Waals surface area contributed by atoms with Crippen LogP contribution in [-0.4, -0.2) is 130 Å². The number of aliphatic hydroxyl groups excluding tert-OH is 1. The Labute approximate surface area is 291 Å². The number of aliphatic hydroxyl groups is 1. The number of likely N-dealkylation sites (tertiary alicyclic amines) is 1. The van der Waals surface area contributed by atoms with Crippen molar-refractivity contribution in [2.45, 2.75) is 54.1 Å². The van der Waals surface area contributed by atoms with E-state index in [1.807, 2.05) is 45.0 Å². The van der Waals surface area contributed by atoms with Crippen molar-refractivity contribution < 1.29 is 29.0 Å². The van der Waals surface area contributed by atoms with Crippen molar-refractivity contribution in [3.63, 3.8) is 0 Å². The molecule has 1 aromatic carbocycles. The van der Waals surface area contributed by atoms with Gasteiger partial charge in [-0.3, -0.25) is 19.3 Å². The van der Waals surface area contributed by atoms with E-state index in [2.05, 4.69) is 34.0 Å². The molecule has 0 radical (unpaired) electrons. The third kappa shape index (κ3) is 6.77. The maximum Gasteiger partial charge on any atom is 0.247 e. The quantitative estimate of drug-likeness (QED) is 0.216. The summed E-state index contributed by atoms with van der Waals surface area (Å²) < 4.78 is 10.3. The van der Waals surface area contributed by atoms with E-state index in [0.29, 0.717) is 57.3 Å². The zero-order valence-electron chi connectivity index (χ0n) is 27.8. The highest BCUT2D eigenvalue weighted by Crippen LogP contribution is 2.68. The van der Waals surface area contributed by atoms with Gasteiger partial charge in [-0.2, -0.15) is 0 Å². The van der Waals surface area contributed by atoms with Crippen LogP contribution < -0.4 is 9.64 Å². The lowest BCUT2D eigenvalue weighted by Gasteiger charge is -2.41. The average Bonchev–Trinajstić information content (AvgIpc) is 3.66. The van der Waals surface area contributed by atoms with Gasteiger partial charge in [0.2, 0.25) is 17.7 Å². The summed E-state index contributed by atoms with van der Waals surface area (Å²) in [7, 11) is 0. The molecule has 7 atom stereocenters. The number of rotatable bonds is 15. The van der Waals surface area contributed by atoms with E-state index in [-0.39, 0.29) is 46.9 Å². The van der Waals surface area contributed by atoms with Crippen LogP contribution in [0, 0.1) is 17.8 Å². The van der Waals surface area contributed by atoms with Gasteiger partial charge in [0.25, 0.3) is 0 Å². The maximum atomic E-state index is 14.9. The molecule has 4 heterocycles. The van der Waals surface area contributed by atoms with Crippen molar-refractivity contribution in [2.75, 3.05) is 70.6 Å². The van der Waals surface area contributed by atoms with E-state index in [0.717, 1.165) is 13.1 Å². The first kappa shape index (κ1) is 35.9. The molecule has 1 aromatic rings. The molecule has 0 aromatic heterocycles. The first-order chi connectivity index (χ1) is 22.6. The molecule has 5 rings (SSSR count). The number of hydrogen-bond donors (Lipinski definition) is 1. The van der Waals surface area contributed by atoms with E-state index in [1.165, 1.54) is 0 Å². The number of morpholine rings is 1. The molecule has 3 unspecified atom stereocenters. The highest BCUT2D eigenvalue weighted by atomic mass is 79.9. The second-order valence-corrected chi connectivity index (χ2v) is 15.8. The number of benzene rings is 1. The molecule has 0 saturated carbocycles. The summed E-state index contributed by atoms with van der Waals surface area (Å²) in [4.78, 5) is 51.7. The molecule has 2 bridgehead atoms. The molecule has 0 aliphatic carbocycles. The van der Waals surface area contributed by atoms with E-state index < -0.39 is 28.7 Å². The summed E-state index contributed by atoms with van der Waals surface area (Å²) in [6.45, 7) is 18.7. The largest absolute Gasteiger partial charge is 0.494 e. The van der Waals surface area contributed by atoms with Crippen molar-refractivity contribution in [2.24, 2.45) is 17.8 Å². The topological polar surface area (TPSA) is 103 Å². The number of carbonyl (C=O) groups is 3. The normalized spacial score (nSPS) is 29.1. The molecule has 4 aliphatic heterocycles. The second-order valence-electron chi connectivity index (χ2n) is 13.1. The average molecular weight is 734 g/mol. The molecule has 1 spiro atoms. The van der Waals surface area contributed by atoms with Crippen LogP contribution in [0.4, 0.5) is 5.69 Å². The second kappa shape index (κ2) is 15.4. The van der Waals surface area contributed by atoms with E-state index >= 15 is 0 Å². The minimum Gasteiger partial charge on any atom is -0.494 e. The number of fused-ring (bicyclic) bond motifs is 1. The lowest BCUT2D eigenvalue weighted by Crippen LogP contribution is -2.59. The van der Waals surface area contributed by atoms with Gasteiger partial charge in [-0.05, 0) is 43.5 Å². The summed E-state index contributed by atoms with van der Waals surface area (Å²) in [6, 6.07) is 5.99. The molecule has 258 valence electrons.